The number of nitrogens with zero attached hydrogens (tertiary/aromatic N) is 2. The maximum absolute atomic E-state index is 4.98. The minimum atomic E-state index is 0.386. The van der Waals surface area contributed by atoms with Crippen LogP contribution in [-0.4, -0.2) is 29.2 Å². The molecule has 0 bridgehead atoms. The van der Waals surface area contributed by atoms with E-state index < -0.39 is 0 Å². The first kappa shape index (κ1) is 6.54. The van der Waals surface area contributed by atoms with Gasteiger partial charge in [-0.1, -0.05) is 0 Å². The summed E-state index contributed by atoms with van der Waals surface area (Å²) in [6.07, 6.45) is 3.18. The topological polar surface area (TPSA) is 47.0 Å². The van der Waals surface area contributed by atoms with E-state index in [-0.39, 0.29) is 0 Å². The maximum atomic E-state index is 4.98. The van der Waals surface area contributed by atoms with Crippen LogP contribution in [-0.2, 0) is 4.74 Å². The van der Waals surface area contributed by atoms with Crippen molar-refractivity contribution in [3.05, 3.63) is 18.5 Å². The number of rotatable bonds is 2. The average Bonchev–Trinajstić information content (AvgIpc) is 1.99. The fourth-order valence-corrected chi connectivity index (χ4v) is 0.840. The van der Waals surface area contributed by atoms with Crippen LogP contribution < -0.4 is 5.32 Å². The molecule has 0 spiro atoms. The molecule has 0 aliphatic carbocycles. The molecule has 4 heteroatoms. The van der Waals surface area contributed by atoms with Crippen molar-refractivity contribution in [2.24, 2.45) is 0 Å². The lowest BCUT2D eigenvalue weighted by molar-refractivity contribution is 0.0208. The number of ether oxygens (including phenoxy) is 1. The Morgan fingerprint density at radius 2 is 2.18 bits per heavy atom. The molecule has 57 valence electrons. The van der Waals surface area contributed by atoms with Gasteiger partial charge < -0.3 is 10.1 Å². The second kappa shape index (κ2) is 2.84. The predicted molar refractivity (Wildman–Crippen MR) is 39.1 cm³/mol. The molecule has 0 unspecified atom stereocenters. The minimum absolute atomic E-state index is 0.386. The normalized spacial score (nSPS) is 17.5. The summed E-state index contributed by atoms with van der Waals surface area (Å²) >= 11 is 0. The molecule has 1 fully saturated rings. The highest BCUT2D eigenvalue weighted by atomic mass is 16.5. The summed E-state index contributed by atoms with van der Waals surface area (Å²) in [4.78, 5) is 7.93. The van der Waals surface area contributed by atoms with Gasteiger partial charge in [-0.15, -0.1) is 0 Å². The zero-order valence-electron chi connectivity index (χ0n) is 5.95. The van der Waals surface area contributed by atoms with Crippen LogP contribution in [0, 0.1) is 6.07 Å². The van der Waals surface area contributed by atoms with Gasteiger partial charge in [-0.2, -0.15) is 0 Å². The molecule has 2 rings (SSSR count). The van der Waals surface area contributed by atoms with Crippen LogP contribution in [0.15, 0.2) is 12.4 Å². The van der Waals surface area contributed by atoms with Gasteiger partial charge in [0.15, 0.2) is 0 Å². The number of anilines is 1. The van der Waals surface area contributed by atoms with Gasteiger partial charge in [0.25, 0.3) is 0 Å². The summed E-state index contributed by atoms with van der Waals surface area (Å²) < 4.78 is 4.98. The highest BCUT2D eigenvalue weighted by Gasteiger charge is 2.18. The van der Waals surface area contributed by atoms with Crippen molar-refractivity contribution >= 4 is 5.95 Å². The van der Waals surface area contributed by atoms with E-state index in [9.17, 15) is 0 Å². The summed E-state index contributed by atoms with van der Waals surface area (Å²) in [5.74, 6) is 0.650. The van der Waals surface area contributed by atoms with Crippen molar-refractivity contribution < 1.29 is 4.74 Å². The molecule has 4 nitrogen and oxygen atoms in total. The average molecular weight is 150 g/mol. The molecular formula is C7H8N3O. The van der Waals surface area contributed by atoms with Crippen molar-refractivity contribution in [3.8, 4) is 0 Å². The Balaban J connectivity index is 1.95. The molecule has 1 radical (unpaired) electrons. The highest BCUT2D eigenvalue weighted by Crippen LogP contribution is 2.05. The van der Waals surface area contributed by atoms with Crippen molar-refractivity contribution in [2.75, 3.05) is 18.5 Å². The van der Waals surface area contributed by atoms with E-state index in [1.54, 1.807) is 12.4 Å². The smallest absolute Gasteiger partial charge is 0.222 e. The second-order valence-electron chi connectivity index (χ2n) is 2.39. The van der Waals surface area contributed by atoms with Crippen LogP contribution in [0.5, 0.6) is 0 Å². The van der Waals surface area contributed by atoms with Gasteiger partial charge in [-0.25, -0.2) is 9.97 Å². The molecule has 1 aromatic heterocycles. The van der Waals surface area contributed by atoms with E-state index in [2.05, 4.69) is 21.4 Å². The highest BCUT2D eigenvalue weighted by molar-refractivity contribution is 5.24. The standard InChI is InChI=1S/C7H8N3O/c1-2-8-7(9-3-1)10-6-4-11-5-6/h2-3,6H,4-5H2,(H,8,9,10). The van der Waals surface area contributed by atoms with Gasteiger partial charge in [0.1, 0.15) is 0 Å². The second-order valence-corrected chi connectivity index (χ2v) is 2.39. The molecule has 1 aromatic rings. The van der Waals surface area contributed by atoms with Gasteiger partial charge in [-0.05, 0) is 0 Å². The van der Waals surface area contributed by atoms with Gasteiger partial charge in [0.05, 0.1) is 19.3 Å². The summed E-state index contributed by atoms with van der Waals surface area (Å²) in [6, 6.07) is 3.14. The van der Waals surface area contributed by atoms with Gasteiger partial charge in [0.2, 0.25) is 5.95 Å². The van der Waals surface area contributed by atoms with Gasteiger partial charge in [0, 0.05) is 18.5 Å². The predicted octanol–water partition coefficient (Wildman–Crippen LogP) is 0.0875. The van der Waals surface area contributed by atoms with Crippen LogP contribution in [0.1, 0.15) is 0 Å². The summed E-state index contributed by atoms with van der Waals surface area (Å²) in [6.45, 7) is 1.50. The van der Waals surface area contributed by atoms with E-state index in [0.29, 0.717) is 12.0 Å². The van der Waals surface area contributed by atoms with Crippen molar-refractivity contribution in [3.63, 3.8) is 0 Å². The van der Waals surface area contributed by atoms with E-state index in [1.165, 1.54) is 0 Å². The molecule has 1 N–H and O–H groups in total. The zero-order valence-corrected chi connectivity index (χ0v) is 5.95. The Bertz CT molecular complexity index is 222. The number of aromatic nitrogens is 2. The van der Waals surface area contributed by atoms with E-state index >= 15 is 0 Å². The van der Waals surface area contributed by atoms with E-state index in [0.717, 1.165) is 13.2 Å². The fourth-order valence-electron chi connectivity index (χ4n) is 0.840. The molecular weight excluding hydrogens is 142 g/mol. The molecule has 1 aliphatic rings. The maximum Gasteiger partial charge on any atom is 0.222 e. The van der Waals surface area contributed by atoms with Crippen molar-refractivity contribution in [1.82, 2.24) is 9.97 Å². The molecule has 0 aromatic carbocycles. The minimum Gasteiger partial charge on any atom is -0.377 e. The van der Waals surface area contributed by atoms with Gasteiger partial charge >= 0.3 is 0 Å². The third-order valence-corrected chi connectivity index (χ3v) is 1.49. The molecule has 0 saturated carbocycles. The lowest BCUT2D eigenvalue weighted by Crippen LogP contribution is -2.40. The van der Waals surface area contributed by atoms with Crippen LogP contribution in [0.4, 0.5) is 5.95 Å². The summed E-state index contributed by atoms with van der Waals surface area (Å²) in [5, 5.41) is 3.11. The quantitative estimate of drug-likeness (QED) is 0.649. The molecule has 1 saturated heterocycles. The molecule has 0 atom stereocenters. The number of nitrogens with one attached hydrogen (secondary N) is 1. The van der Waals surface area contributed by atoms with Crippen LogP contribution in [0.2, 0.25) is 0 Å². The SMILES string of the molecule is [c]1cnc(NC2COC2)nc1. The van der Waals surface area contributed by atoms with Crippen LogP contribution >= 0.6 is 0 Å². The summed E-state index contributed by atoms with van der Waals surface area (Å²) in [5.41, 5.74) is 0. The van der Waals surface area contributed by atoms with E-state index in [4.69, 9.17) is 4.74 Å². The van der Waals surface area contributed by atoms with Crippen molar-refractivity contribution in [2.45, 2.75) is 6.04 Å². The molecule has 0 amide bonds. The first-order chi connectivity index (χ1) is 5.45. The number of hydrogen-bond donors (Lipinski definition) is 1. The zero-order chi connectivity index (χ0) is 7.52. The monoisotopic (exact) mass is 150 g/mol. The summed E-state index contributed by atoms with van der Waals surface area (Å²) in [7, 11) is 0. The van der Waals surface area contributed by atoms with Crippen molar-refractivity contribution in [1.29, 1.82) is 0 Å². The first-order valence-electron chi connectivity index (χ1n) is 3.47. The Hall–Kier alpha value is -1.16. The van der Waals surface area contributed by atoms with Crippen LogP contribution in [0.25, 0.3) is 0 Å². The first-order valence-corrected chi connectivity index (χ1v) is 3.47. The molecule has 11 heavy (non-hydrogen) atoms. The Morgan fingerprint density at radius 1 is 1.45 bits per heavy atom. The Labute approximate surface area is 64.6 Å². The van der Waals surface area contributed by atoms with Crippen LogP contribution in [0.3, 0.4) is 0 Å². The molecule has 2 heterocycles. The third kappa shape index (κ3) is 1.46. The fraction of sp³-hybridized carbons (Fsp3) is 0.429. The largest absolute Gasteiger partial charge is 0.377 e. The third-order valence-electron chi connectivity index (χ3n) is 1.49. The lowest BCUT2D eigenvalue weighted by atomic mass is 10.3. The Morgan fingerprint density at radius 3 is 2.73 bits per heavy atom. The number of hydrogen-bond acceptors (Lipinski definition) is 4. The van der Waals surface area contributed by atoms with Gasteiger partial charge in [-0.3, -0.25) is 0 Å². The molecule has 1 aliphatic heterocycles. The van der Waals surface area contributed by atoms with E-state index in [1.807, 2.05) is 0 Å². The lowest BCUT2D eigenvalue weighted by Gasteiger charge is -2.26. The Kier molecular flexibility index (Phi) is 1.69.